The highest BCUT2D eigenvalue weighted by atomic mass is 19.1. The van der Waals surface area contributed by atoms with E-state index >= 15 is 0 Å². The molecule has 9 heteroatoms. The summed E-state index contributed by atoms with van der Waals surface area (Å²) >= 11 is 0. The van der Waals surface area contributed by atoms with Gasteiger partial charge in [0.15, 0.2) is 11.6 Å². The van der Waals surface area contributed by atoms with Crippen molar-refractivity contribution in [2.24, 2.45) is 17.8 Å². The molecule has 0 saturated carbocycles. The van der Waals surface area contributed by atoms with E-state index in [4.69, 9.17) is 4.74 Å². The fourth-order valence-electron chi connectivity index (χ4n) is 6.22. The first-order valence-electron chi connectivity index (χ1n) is 13.0. The summed E-state index contributed by atoms with van der Waals surface area (Å²) in [4.78, 5) is 28.2. The van der Waals surface area contributed by atoms with Gasteiger partial charge in [-0.3, -0.25) is 14.5 Å². The van der Waals surface area contributed by atoms with Crippen LogP contribution >= 0.6 is 0 Å². The number of rotatable bonds is 7. The summed E-state index contributed by atoms with van der Waals surface area (Å²) in [6, 6.07) is 10.6. The Kier molecular flexibility index (Phi) is 7.27. The summed E-state index contributed by atoms with van der Waals surface area (Å²) in [5.74, 6) is -2.70. The number of halogens is 1. The number of fused-ring (bicyclic) bond motifs is 3. The topological polar surface area (TPSA) is 107 Å². The lowest BCUT2D eigenvalue weighted by Crippen LogP contribution is -2.35. The molecule has 2 heterocycles. The molecule has 198 valence electrons. The largest absolute Gasteiger partial charge is 0.505 e. The van der Waals surface area contributed by atoms with E-state index in [0.717, 1.165) is 29.6 Å². The molecule has 2 amide bonds. The summed E-state index contributed by atoms with van der Waals surface area (Å²) < 4.78 is 20.0. The number of allylic oxidation sites excluding steroid dienone is 2. The smallest absolute Gasteiger partial charge is 0.488 e. The summed E-state index contributed by atoms with van der Waals surface area (Å²) in [7, 11) is -1.69. The first kappa shape index (κ1) is 26.3. The van der Waals surface area contributed by atoms with Crippen molar-refractivity contribution in [1.82, 2.24) is 0 Å². The van der Waals surface area contributed by atoms with Gasteiger partial charge in [0, 0.05) is 5.92 Å². The maximum absolute atomic E-state index is 13.8. The molecular formula is C29H31BFNO6. The summed E-state index contributed by atoms with van der Waals surface area (Å²) in [5, 5.41) is 28.5. The highest BCUT2D eigenvalue weighted by Gasteiger charge is 2.56. The number of anilines is 1. The van der Waals surface area contributed by atoms with E-state index in [9.17, 15) is 29.1 Å². The van der Waals surface area contributed by atoms with Crippen LogP contribution in [0.15, 0.2) is 59.2 Å². The minimum absolute atomic E-state index is 0.155. The molecule has 2 aromatic rings. The SMILES string of the molecule is CC/C(=C\c1ccc(O)c(F)c1)CC[C@H]1OC[C@H]2C1=C(C)C[C@H]1C(=O)N(c3cccc(B(O)O)c3)C(=O)[C@H]12. The second-order valence-corrected chi connectivity index (χ2v) is 10.4. The van der Waals surface area contributed by atoms with Gasteiger partial charge < -0.3 is 19.9 Å². The molecule has 7 nitrogen and oxygen atoms in total. The molecule has 0 bridgehead atoms. The molecule has 5 rings (SSSR count). The number of ether oxygens (including phenoxy) is 1. The quantitative estimate of drug-likeness (QED) is 0.295. The third-order valence-corrected chi connectivity index (χ3v) is 8.10. The van der Waals surface area contributed by atoms with Crippen LogP contribution in [0.2, 0.25) is 0 Å². The van der Waals surface area contributed by atoms with Gasteiger partial charge in [-0.2, -0.15) is 0 Å². The van der Waals surface area contributed by atoms with Crippen LogP contribution in [0.4, 0.5) is 10.1 Å². The van der Waals surface area contributed by atoms with Crippen molar-refractivity contribution in [3.63, 3.8) is 0 Å². The normalized spacial score (nSPS) is 25.2. The molecule has 0 spiro atoms. The predicted octanol–water partition coefficient (Wildman–Crippen LogP) is 3.33. The molecule has 2 fully saturated rings. The molecule has 0 unspecified atom stereocenters. The number of hydrogen-bond acceptors (Lipinski definition) is 6. The Morgan fingerprint density at radius 2 is 1.95 bits per heavy atom. The Morgan fingerprint density at radius 1 is 1.16 bits per heavy atom. The number of phenolic OH excluding ortho intramolecular Hbond substituents is 1. The number of carbonyl (C=O) groups is 2. The van der Waals surface area contributed by atoms with E-state index in [-0.39, 0.29) is 35.0 Å². The molecule has 3 aliphatic rings. The van der Waals surface area contributed by atoms with Crippen LogP contribution in [-0.2, 0) is 14.3 Å². The second kappa shape index (κ2) is 10.5. The monoisotopic (exact) mass is 519 g/mol. The molecule has 3 N–H and O–H groups in total. The van der Waals surface area contributed by atoms with E-state index in [1.807, 2.05) is 19.9 Å². The third kappa shape index (κ3) is 4.70. The number of nitrogens with zero attached hydrogens (tertiary/aromatic N) is 1. The summed E-state index contributed by atoms with van der Waals surface area (Å²) in [6.45, 7) is 4.42. The zero-order valence-electron chi connectivity index (χ0n) is 21.4. The summed E-state index contributed by atoms with van der Waals surface area (Å²) in [6.07, 6.45) is 4.49. The van der Waals surface area contributed by atoms with Crippen LogP contribution in [0.3, 0.4) is 0 Å². The van der Waals surface area contributed by atoms with Crippen LogP contribution in [-0.4, -0.2) is 46.8 Å². The Hall–Kier alpha value is -3.27. The van der Waals surface area contributed by atoms with Crippen molar-refractivity contribution in [2.45, 2.75) is 45.6 Å². The number of benzene rings is 2. The van der Waals surface area contributed by atoms with Crippen molar-refractivity contribution in [2.75, 3.05) is 11.5 Å². The van der Waals surface area contributed by atoms with Gasteiger partial charge in [-0.15, -0.1) is 0 Å². The number of imide groups is 1. The maximum Gasteiger partial charge on any atom is 0.488 e. The van der Waals surface area contributed by atoms with Crippen LogP contribution < -0.4 is 10.4 Å². The van der Waals surface area contributed by atoms with E-state index in [0.29, 0.717) is 30.7 Å². The number of hydrogen-bond donors (Lipinski definition) is 3. The molecule has 2 aliphatic heterocycles. The Labute approximate surface area is 221 Å². The molecule has 38 heavy (non-hydrogen) atoms. The van der Waals surface area contributed by atoms with Gasteiger partial charge in [-0.05, 0) is 73.5 Å². The Morgan fingerprint density at radius 3 is 2.66 bits per heavy atom. The van der Waals surface area contributed by atoms with E-state index < -0.39 is 24.8 Å². The second-order valence-electron chi connectivity index (χ2n) is 10.4. The first-order valence-corrected chi connectivity index (χ1v) is 13.0. The lowest BCUT2D eigenvalue weighted by atomic mass is 9.70. The first-order chi connectivity index (χ1) is 18.2. The number of carbonyl (C=O) groups excluding carboxylic acids is 2. The van der Waals surface area contributed by atoms with Gasteiger partial charge in [-0.1, -0.05) is 42.3 Å². The molecule has 0 aromatic heterocycles. The zero-order valence-corrected chi connectivity index (χ0v) is 21.4. The molecule has 0 radical (unpaired) electrons. The average molecular weight is 519 g/mol. The van der Waals surface area contributed by atoms with Crippen molar-refractivity contribution in [1.29, 1.82) is 0 Å². The maximum atomic E-state index is 13.8. The molecule has 1 aliphatic carbocycles. The zero-order chi connectivity index (χ0) is 27.1. The Balaban J connectivity index is 1.34. The van der Waals surface area contributed by atoms with Gasteiger partial charge in [0.1, 0.15) is 0 Å². The van der Waals surface area contributed by atoms with Crippen molar-refractivity contribution in [3.05, 3.63) is 70.6 Å². The number of aromatic hydroxyl groups is 1. The third-order valence-electron chi connectivity index (χ3n) is 8.10. The Bertz CT molecular complexity index is 1340. The lowest BCUT2D eigenvalue weighted by Gasteiger charge is -2.30. The minimum atomic E-state index is -1.69. The van der Waals surface area contributed by atoms with Gasteiger partial charge in [0.05, 0.1) is 30.2 Å². The lowest BCUT2D eigenvalue weighted by molar-refractivity contribution is -0.122. The van der Waals surface area contributed by atoms with Gasteiger partial charge in [0.2, 0.25) is 11.8 Å². The fourth-order valence-corrected chi connectivity index (χ4v) is 6.22. The van der Waals surface area contributed by atoms with E-state index in [1.165, 1.54) is 29.2 Å². The number of amides is 2. The molecule has 4 atom stereocenters. The van der Waals surface area contributed by atoms with Gasteiger partial charge >= 0.3 is 7.12 Å². The average Bonchev–Trinajstić information content (AvgIpc) is 3.43. The van der Waals surface area contributed by atoms with Gasteiger partial charge in [-0.25, -0.2) is 4.39 Å². The van der Waals surface area contributed by atoms with Gasteiger partial charge in [0.25, 0.3) is 0 Å². The van der Waals surface area contributed by atoms with Crippen molar-refractivity contribution >= 4 is 36.2 Å². The van der Waals surface area contributed by atoms with E-state index in [1.54, 1.807) is 18.2 Å². The molecular weight excluding hydrogens is 488 g/mol. The van der Waals surface area contributed by atoms with Crippen molar-refractivity contribution < 1.29 is 33.9 Å². The van der Waals surface area contributed by atoms with Crippen LogP contribution in [0.25, 0.3) is 6.08 Å². The minimum Gasteiger partial charge on any atom is -0.505 e. The molecule has 2 aromatic carbocycles. The highest BCUT2D eigenvalue weighted by Crippen LogP contribution is 2.50. The van der Waals surface area contributed by atoms with Crippen LogP contribution in [0.5, 0.6) is 5.75 Å². The fraction of sp³-hybridized carbons (Fsp3) is 0.379. The number of phenols is 1. The highest BCUT2D eigenvalue weighted by molar-refractivity contribution is 6.58. The van der Waals surface area contributed by atoms with Crippen LogP contribution in [0, 0.1) is 23.6 Å². The van der Waals surface area contributed by atoms with E-state index in [2.05, 4.69) is 0 Å². The standard InChI is InChI=1S/C29H31BFNO6/c1-3-17(12-18-7-9-24(33)23(31)13-18)8-10-25-26-16(2)11-21-27(22(26)15-38-25)29(35)32(28(21)34)20-6-4-5-19(14-20)30(36)37/h4-7,9,12-14,21-22,25,27,33,36-37H,3,8,10-11,15H2,1-2H3/b17-12+/t21-,22+,25-,27-/m1/s1. The predicted molar refractivity (Wildman–Crippen MR) is 142 cm³/mol. The van der Waals surface area contributed by atoms with Crippen molar-refractivity contribution in [3.8, 4) is 5.75 Å². The molecule has 2 saturated heterocycles. The summed E-state index contributed by atoms with van der Waals surface area (Å²) in [5.41, 5.74) is 4.57. The van der Waals surface area contributed by atoms with Crippen LogP contribution in [0.1, 0.15) is 45.1 Å².